The minimum absolute atomic E-state index is 0.0927. The van der Waals surface area contributed by atoms with Gasteiger partial charge in [-0.3, -0.25) is 9.59 Å². The van der Waals surface area contributed by atoms with Gasteiger partial charge in [0, 0.05) is 0 Å². The maximum absolute atomic E-state index is 11.4. The Morgan fingerprint density at radius 1 is 1.36 bits per heavy atom. The quantitative estimate of drug-likeness (QED) is 0.551. The Bertz CT molecular complexity index is 218. The Morgan fingerprint density at radius 2 is 1.86 bits per heavy atom. The molecule has 0 aliphatic heterocycles. The lowest BCUT2D eigenvalue weighted by Gasteiger charge is -2.19. The van der Waals surface area contributed by atoms with Gasteiger partial charge in [-0.05, 0) is 12.8 Å². The third-order valence-electron chi connectivity index (χ3n) is 2.35. The summed E-state index contributed by atoms with van der Waals surface area (Å²) in [6, 6.07) is -1.25. The second-order valence-corrected chi connectivity index (χ2v) is 3.54. The number of carbonyl (C=O) groups excluding carboxylic acids is 2. The number of hydrogen-bond donors (Lipinski definition) is 3. The molecule has 0 saturated heterocycles. The van der Waals surface area contributed by atoms with Crippen LogP contribution in [0.5, 0.6) is 0 Å². The minimum atomic E-state index is -0.669. The van der Waals surface area contributed by atoms with Crippen molar-refractivity contribution in [2.75, 3.05) is 0 Å². The van der Waals surface area contributed by atoms with Crippen molar-refractivity contribution < 1.29 is 9.59 Å². The Morgan fingerprint density at radius 3 is 2.21 bits per heavy atom. The summed E-state index contributed by atoms with van der Waals surface area (Å²) in [6.07, 6.45) is 0.819. The van der Waals surface area contributed by atoms with Gasteiger partial charge in [-0.25, -0.2) is 0 Å². The van der Waals surface area contributed by atoms with Crippen molar-refractivity contribution in [3.8, 4) is 0 Å². The Kier molecular flexibility index (Phi) is 5.15. The number of primary amides is 1. The molecule has 5 N–H and O–H groups in total. The summed E-state index contributed by atoms with van der Waals surface area (Å²) in [7, 11) is 0. The number of amides is 2. The molecule has 0 heterocycles. The third-order valence-corrected chi connectivity index (χ3v) is 2.35. The fourth-order valence-electron chi connectivity index (χ4n) is 0.893. The molecule has 0 aromatic rings. The molecule has 14 heavy (non-hydrogen) atoms. The molecule has 3 atom stereocenters. The van der Waals surface area contributed by atoms with Gasteiger partial charge in [0.2, 0.25) is 11.8 Å². The number of nitrogens with two attached hydrogens (primary N) is 2. The van der Waals surface area contributed by atoms with Crippen LogP contribution in [0, 0.1) is 5.92 Å². The zero-order valence-corrected chi connectivity index (χ0v) is 8.91. The van der Waals surface area contributed by atoms with E-state index in [1.807, 2.05) is 13.8 Å². The highest BCUT2D eigenvalue weighted by Crippen LogP contribution is 2.05. The smallest absolute Gasteiger partial charge is 0.239 e. The Labute approximate surface area is 84.2 Å². The van der Waals surface area contributed by atoms with Gasteiger partial charge in [-0.15, -0.1) is 0 Å². The summed E-state index contributed by atoms with van der Waals surface area (Å²) in [6.45, 7) is 5.37. The van der Waals surface area contributed by atoms with E-state index in [0.717, 1.165) is 6.42 Å². The number of rotatable bonds is 5. The molecule has 0 aromatic carbocycles. The van der Waals surface area contributed by atoms with Gasteiger partial charge in [0.25, 0.3) is 0 Å². The summed E-state index contributed by atoms with van der Waals surface area (Å²) >= 11 is 0. The van der Waals surface area contributed by atoms with Crippen LogP contribution in [0.4, 0.5) is 0 Å². The van der Waals surface area contributed by atoms with Crippen molar-refractivity contribution in [2.45, 2.75) is 39.3 Å². The molecule has 0 saturated carbocycles. The molecule has 0 aliphatic rings. The van der Waals surface area contributed by atoms with Gasteiger partial charge < -0.3 is 16.8 Å². The van der Waals surface area contributed by atoms with Gasteiger partial charge >= 0.3 is 0 Å². The average molecular weight is 201 g/mol. The maximum Gasteiger partial charge on any atom is 0.239 e. The van der Waals surface area contributed by atoms with E-state index in [9.17, 15) is 9.59 Å². The topological polar surface area (TPSA) is 98.2 Å². The summed E-state index contributed by atoms with van der Waals surface area (Å²) < 4.78 is 0. The molecule has 82 valence electrons. The SMILES string of the molecule is CC[C@H](C)[C@@H](N)C(=O)N[C@@H](C)C(N)=O. The van der Waals surface area contributed by atoms with E-state index in [1.54, 1.807) is 0 Å². The van der Waals surface area contributed by atoms with E-state index in [4.69, 9.17) is 11.5 Å². The van der Waals surface area contributed by atoms with Gasteiger partial charge in [-0.2, -0.15) is 0 Å². The van der Waals surface area contributed by atoms with Crippen LogP contribution < -0.4 is 16.8 Å². The average Bonchev–Trinajstić information content (AvgIpc) is 2.14. The van der Waals surface area contributed by atoms with Crippen LogP contribution in [-0.2, 0) is 9.59 Å². The lowest BCUT2D eigenvalue weighted by Crippen LogP contribution is -2.51. The standard InChI is InChI=1S/C9H19N3O2/c1-4-5(2)7(10)9(14)12-6(3)8(11)13/h5-7H,4,10H2,1-3H3,(H2,11,13)(H,12,14)/t5-,6-,7+/m0/s1. The number of carbonyl (C=O) groups is 2. The predicted molar refractivity (Wildman–Crippen MR) is 54.2 cm³/mol. The molecule has 0 spiro atoms. The predicted octanol–water partition coefficient (Wildman–Crippen LogP) is -0.650. The van der Waals surface area contributed by atoms with Crippen molar-refractivity contribution in [2.24, 2.45) is 17.4 Å². The van der Waals surface area contributed by atoms with E-state index in [2.05, 4.69) is 5.32 Å². The highest BCUT2D eigenvalue weighted by Gasteiger charge is 2.21. The maximum atomic E-state index is 11.4. The highest BCUT2D eigenvalue weighted by molar-refractivity contribution is 5.88. The Balaban J connectivity index is 4.14. The second kappa shape index (κ2) is 5.59. The first kappa shape index (κ1) is 12.9. The third kappa shape index (κ3) is 3.74. The van der Waals surface area contributed by atoms with Crippen molar-refractivity contribution >= 4 is 11.8 Å². The molecule has 5 heteroatoms. The van der Waals surface area contributed by atoms with Crippen molar-refractivity contribution in [3.05, 3.63) is 0 Å². The van der Waals surface area contributed by atoms with Crippen molar-refractivity contribution in [1.29, 1.82) is 0 Å². The number of nitrogens with one attached hydrogen (secondary N) is 1. The van der Waals surface area contributed by atoms with E-state index in [0.29, 0.717) is 0 Å². The van der Waals surface area contributed by atoms with Crippen molar-refractivity contribution in [1.82, 2.24) is 5.32 Å². The van der Waals surface area contributed by atoms with E-state index in [1.165, 1.54) is 6.92 Å². The summed E-state index contributed by atoms with van der Waals surface area (Å²) in [5, 5.41) is 2.46. The van der Waals surface area contributed by atoms with Crippen LogP contribution in [0.1, 0.15) is 27.2 Å². The van der Waals surface area contributed by atoms with Gasteiger partial charge in [-0.1, -0.05) is 20.3 Å². The van der Waals surface area contributed by atoms with E-state index < -0.39 is 18.0 Å². The van der Waals surface area contributed by atoms with Crippen LogP contribution >= 0.6 is 0 Å². The molecule has 0 bridgehead atoms. The molecule has 0 fully saturated rings. The normalized spacial score (nSPS) is 16.9. The first-order valence-corrected chi connectivity index (χ1v) is 4.75. The fourth-order valence-corrected chi connectivity index (χ4v) is 0.893. The molecule has 0 radical (unpaired) electrons. The molecule has 5 nitrogen and oxygen atoms in total. The van der Waals surface area contributed by atoms with Gasteiger partial charge in [0.15, 0.2) is 0 Å². The molecule has 0 aliphatic carbocycles. The van der Waals surface area contributed by atoms with Crippen LogP contribution in [0.25, 0.3) is 0 Å². The zero-order valence-electron chi connectivity index (χ0n) is 8.91. The fraction of sp³-hybridized carbons (Fsp3) is 0.778. The van der Waals surface area contributed by atoms with Crippen LogP contribution in [0.15, 0.2) is 0 Å². The Hall–Kier alpha value is -1.10. The zero-order chi connectivity index (χ0) is 11.3. The first-order valence-electron chi connectivity index (χ1n) is 4.75. The van der Waals surface area contributed by atoms with Crippen LogP contribution in [0.3, 0.4) is 0 Å². The van der Waals surface area contributed by atoms with Crippen LogP contribution in [-0.4, -0.2) is 23.9 Å². The summed E-state index contributed by atoms with van der Waals surface area (Å²) in [4.78, 5) is 22.1. The van der Waals surface area contributed by atoms with Crippen molar-refractivity contribution in [3.63, 3.8) is 0 Å². The monoisotopic (exact) mass is 201 g/mol. The first-order chi connectivity index (χ1) is 6.40. The number of hydrogen-bond acceptors (Lipinski definition) is 3. The minimum Gasteiger partial charge on any atom is -0.368 e. The summed E-state index contributed by atoms with van der Waals surface area (Å²) in [5.74, 6) is -0.796. The molecule has 0 unspecified atom stereocenters. The highest BCUT2D eigenvalue weighted by atomic mass is 16.2. The molecule has 0 aromatic heterocycles. The van der Waals surface area contributed by atoms with Gasteiger partial charge in [0.1, 0.15) is 6.04 Å². The largest absolute Gasteiger partial charge is 0.368 e. The molecular formula is C9H19N3O2. The molecular weight excluding hydrogens is 182 g/mol. The van der Waals surface area contributed by atoms with E-state index >= 15 is 0 Å². The second-order valence-electron chi connectivity index (χ2n) is 3.54. The summed E-state index contributed by atoms with van der Waals surface area (Å²) in [5.41, 5.74) is 10.7. The molecule has 0 rings (SSSR count). The molecule has 2 amide bonds. The van der Waals surface area contributed by atoms with E-state index in [-0.39, 0.29) is 11.8 Å². The lowest BCUT2D eigenvalue weighted by molar-refractivity contribution is -0.128. The van der Waals surface area contributed by atoms with Crippen LogP contribution in [0.2, 0.25) is 0 Å². The van der Waals surface area contributed by atoms with Gasteiger partial charge in [0.05, 0.1) is 6.04 Å². The lowest BCUT2D eigenvalue weighted by atomic mass is 9.99.